The summed E-state index contributed by atoms with van der Waals surface area (Å²) in [6, 6.07) is 2.74. The SMILES string of the molecule is CCN(Cc1ccoc1)CC1CCCN1. The van der Waals surface area contributed by atoms with Crippen LogP contribution in [0.5, 0.6) is 0 Å². The third-order valence-electron chi connectivity index (χ3n) is 3.07. The van der Waals surface area contributed by atoms with Crippen molar-refractivity contribution in [2.45, 2.75) is 32.4 Å². The van der Waals surface area contributed by atoms with Gasteiger partial charge in [-0.15, -0.1) is 0 Å². The van der Waals surface area contributed by atoms with E-state index in [9.17, 15) is 0 Å². The Morgan fingerprint density at radius 2 is 2.53 bits per heavy atom. The Labute approximate surface area is 91.4 Å². The van der Waals surface area contributed by atoms with Crippen molar-refractivity contribution in [2.24, 2.45) is 0 Å². The highest BCUT2D eigenvalue weighted by atomic mass is 16.3. The van der Waals surface area contributed by atoms with Gasteiger partial charge in [-0.3, -0.25) is 4.90 Å². The maximum Gasteiger partial charge on any atom is 0.0947 e. The topological polar surface area (TPSA) is 28.4 Å². The molecule has 3 nitrogen and oxygen atoms in total. The van der Waals surface area contributed by atoms with Crippen LogP contribution in [-0.4, -0.2) is 30.6 Å². The van der Waals surface area contributed by atoms with Crippen molar-refractivity contribution < 1.29 is 4.42 Å². The van der Waals surface area contributed by atoms with Crippen LogP contribution >= 0.6 is 0 Å². The van der Waals surface area contributed by atoms with Gasteiger partial charge in [-0.1, -0.05) is 6.92 Å². The molecule has 1 unspecified atom stereocenters. The van der Waals surface area contributed by atoms with Gasteiger partial charge in [0.2, 0.25) is 0 Å². The maximum absolute atomic E-state index is 5.09. The molecule has 1 atom stereocenters. The minimum absolute atomic E-state index is 0.692. The summed E-state index contributed by atoms with van der Waals surface area (Å²) >= 11 is 0. The fraction of sp³-hybridized carbons (Fsp3) is 0.667. The quantitative estimate of drug-likeness (QED) is 0.800. The minimum Gasteiger partial charge on any atom is -0.472 e. The number of nitrogens with one attached hydrogen (secondary N) is 1. The zero-order chi connectivity index (χ0) is 10.5. The fourth-order valence-corrected chi connectivity index (χ4v) is 2.17. The normalized spacial score (nSPS) is 21.3. The van der Waals surface area contributed by atoms with Gasteiger partial charge in [0.25, 0.3) is 0 Å². The Balaban J connectivity index is 1.81. The van der Waals surface area contributed by atoms with E-state index in [-0.39, 0.29) is 0 Å². The van der Waals surface area contributed by atoms with E-state index in [2.05, 4.69) is 17.1 Å². The molecule has 0 aromatic carbocycles. The molecule has 1 aliphatic heterocycles. The molecule has 1 aromatic rings. The molecule has 1 aliphatic rings. The molecule has 1 aromatic heterocycles. The Morgan fingerprint density at radius 3 is 3.13 bits per heavy atom. The van der Waals surface area contributed by atoms with E-state index >= 15 is 0 Å². The van der Waals surface area contributed by atoms with Crippen LogP contribution in [-0.2, 0) is 6.54 Å². The molecule has 1 saturated heterocycles. The highest BCUT2D eigenvalue weighted by Crippen LogP contribution is 2.10. The summed E-state index contributed by atoms with van der Waals surface area (Å²) in [7, 11) is 0. The van der Waals surface area contributed by atoms with Crippen LogP contribution in [0.2, 0.25) is 0 Å². The summed E-state index contributed by atoms with van der Waals surface area (Å²) in [5, 5.41) is 3.54. The van der Waals surface area contributed by atoms with E-state index in [1.165, 1.54) is 24.9 Å². The Kier molecular flexibility index (Phi) is 3.80. The van der Waals surface area contributed by atoms with E-state index in [0.717, 1.165) is 19.6 Å². The number of furan rings is 1. The number of nitrogens with zero attached hydrogens (tertiary/aromatic N) is 1. The Hall–Kier alpha value is -0.800. The van der Waals surface area contributed by atoms with Crippen molar-refractivity contribution in [3.63, 3.8) is 0 Å². The molecule has 0 bridgehead atoms. The van der Waals surface area contributed by atoms with Crippen molar-refractivity contribution in [3.05, 3.63) is 24.2 Å². The summed E-state index contributed by atoms with van der Waals surface area (Å²) in [4.78, 5) is 2.47. The predicted octanol–water partition coefficient (Wildman–Crippen LogP) is 1.85. The lowest BCUT2D eigenvalue weighted by molar-refractivity contribution is 0.253. The Bertz CT molecular complexity index is 265. The summed E-state index contributed by atoms with van der Waals surface area (Å²) < 4.78 is 5.09. The first-order valence-electron chi connectivity index (χ1n) is 5.85. The molecular weight excluding hydrogens is 188 g/mol. The maximum atomic E-state index is 5.09. The lowest BCUT2D eigenvalue weighted by atomic mass is 10.2. The molecule has 0 spiro atoms. The number of likely N-dealkylation sites (N-methyl/N-ethyl adjacent to an activating group) is 1. The van der Waals surface area contributed by atoms with Crippen LogP contribution in [0, 0.1) is 0 Å². The average molecular weight is 208 g/mol. The smallest absolute Gasteiger partial charge is 0.0947 e. The molecule has 3 heteroatoms. The summed E-state index contributed by atoms with van der Waals surface area (Å²) in [5.41, 5.74) is 1.27. The van der Waals surface area contributed by atoms with Gasteiger partial charge in [0.15, 0.2) is 0 Å². The van der Waals surface area contributed by atoms with Gasteiger partial charge < -0.3 is 9.73 Å². The summed E-state index contributed by atoms with van der Waals surface area (Å²) in [6.07, 6.45) is 6.23. The second kappa shape index (κ2) is 5.33. The van der Waals surface area contributed by atoms with Crippen molar-refractivity contribution in [1.82, 2.24) is 10.2 Å². The highest BCUT2D eigenvalue weighted by Gasteiger charge is 2.17. The van der Waals surface area contributed by atoms with Gasteiger partial charge in [0.05, 0.1) is 12.5 Å². The predicted molar refractivity (Wildman–Crippen MR) is 60.7 cm³/mol. The lowest BCUT2D eigenvalue weighted by Crippen LogP contribution is -2.37. The highest BCUT2D eigenvalue weighted by molar-refractivity contribution is 5.04. The van der Waals surface area contributed by atoms with E-state index in [0.29, 0.717) is 6.04 Å². The second-order valence-electron chi connectivity index (χ2n) is 4.25. The first kappa shape index (κ1) is 10.7. The molecule has 15 heavy (non-hydrogen) atoms. The van der Waals surface area contributed by atoms with Gasteiger partial charge in [-0.2, -0.15) is 0 Å². The van der Waals surface area contributed by atoms with Crippen molar-refractivity contribution >= 4 is 0 Å². The molecule has 2 heterocycles. The zero-order valence-electron chi connectivity index (χ0n) is 9.41. The van der Waals surface area contributed by atoms with Gasteiger partial charge in [-0.25, -0.2) is 0 Å². The summed E-state index contributed by atoms with van der Waals surface area (Å²) in [5.74, 6) is 0. The van der Waals surface area contributed by atoms with Crippen molar-refractivity contribution in [2.75, 3.05) is 19.6 Å². The fourth-order valence-electron chi connectivity index (χ4n) is 2.17. The number of hydrogen-bond donors (Lipinski definition) is 1. The number of hydrogen-bond acceptors (Lipinski definition) is 3. The van der Waals surface area contributed by atoms with Crippen LogP contribution in [0.3, 0.4) is 0 Å². The molecule has 0 radical (unpaired) electrons. The van der Waals surface area contributed by atoms with Gasteiger partial charge in [0, 0.05) is 24.7 Å². The lowest BCUT2D eigenvalue weighted by Gasteiger charge is -2.23. The molecule has 1 N–H and O–H groups in total. The van der Waals surface area contributed by atoms with Crippen LogP contribution in [0.1, 0.15) is 25.3 Å². The molecule has 0 saturated carbocycles. The van der Waals surface area contributed by atoms with Gasteiger partial charge in [-0.05, 0) is 32.0 Å². The van der Waals surface area contributed by atoms with Crippen LogP contribution in [0.4, 0.5) is 0 Å². The minimum atomic E-state index is 0.692. The van der Waals surface area contributed by atoms with E-state index < -0.39 is 0 Å². The molecule has 0 amide bonds. The standard InChI is InChI=1S/C12H20N2O/c1-2-14(8-11-5-7-15-10-11)9-12-4-3-6-13-12/h5,7,10,12-13H,2-4,6,8-9H2,1H3. The molecular formula is C12H20N2O. The van der Waals surface area contributed by atoms with E-state index in [1.54, 1.807) is 6.26 Å². The molecule has 0 aliphatic carbocycles. The monoisotopic (exact) mass is 208 g/mol. The molecule has 84 valence electrons. The first-order chi connectivity index (χ1) is 7.38. The molecule has 1 fully saturated rings. The van der Waals surface area contributed by atoms with Gasteiger partial charge >= 0.3 is 0 Å². The van der Waals surface area contributed by atoms with E-state index in [4.69, 9.17) is 4.42 Å². The van der Waals surface area contributed by atoms with Crippen LogP contribution < -0.4 is 5.32 Å². The van der Waals surface area contributed by atoms with Gasteiger partial charge in [0.1, 0.15) is 0 Å². The largest absolute Gasteiger partial charge is 0.472 e. The first-order valence-corrected chi connectivity index (χ1v) is 5.85. The Morgan fingerprint density at radius 1 is 1.60 bits per heavy atom. The number of rotatable bonds is 5. The van der Waals surface area contributed by atoms with E-state index in [1.807, 2.05) is 12.3 Å². The molecule has 2 rings (SSSR count). The zero-order valence-corrected chi connectivity index (χ0v) is 9.41. The van der Waals surface area contributed by atoms with Crippen LogP contribution in [0.25, 0.3) is 0 Å². The second-order valence-corrected chi connectivity index (χ2v) is 4.25. The van der Waals surface area contributed by atoms with Crippen LogP contribution in [0.15, 0.2) is 23.0 Å². The van der Waals surface area contributed by atoms with Crippen molar-refractivity contribution in [3.8, 4) is 0 Å². The van der Waals surface area contributed by atoms with Crippen molar-refractivity contribution in [1.29, 1.82) is 0 Å². The third-order valence-corrected chi connectivity index (χ3v) is 3.07. The third kappa shape index (κ3) is 3.08. The summed E-state index contributed by atoms with van der Waals surface area (Å²) in [6.45, 7) is 6.67. The average Bonchev–Trinajstić information content (AvgIpc) is 2.89.